The van der Waals surface area contributed by atoms with Gasteiger partial charge >= 0.3 is 5.97 Å². The first-order valence-electron chi connectivity index (χ1n) is 5.11. The van der Waals surface area contributed by atoms with Crippen LogP contribution < -0.4 is 9.64 Å². The van der Waals surface area contributed by atoms with Crippen LogP contribution in [0.1, 0.15) is 5.56 Å². The minimum Gasteiger partial charge on any atom is -0.495 e. The summed E-state index contributed by atoms with van der Waals surface area (Å²) in [4.78, 5) is 12.9. The Labute approximate surface area is 106 Å². The largest absolute Gasteiger partial charge is 0.495 e. The van der Waals surface area contributed by atoms with E-state index in [1.165, 1.54) is 7.11 Å². The Morgan fingerprint density at radius 3 is 2.59 bits per heavy atom. The lowest BCUT2D eigenvalue weighted by atomic mass is 10.2. The molecule has 0 atom stereocenters. The molecule has 0 saturated carbocycles. The van der Waals surface area contributed by atoms with Crippen LogP contribution in [0.5, 0.6) is 5.75 Å². The highest BCUT2D eigenvalue weighted by Gasteiger charge is 2.14. The fourth-order valence-corrected chi connectivity index (χ4v) is 1.61. The molecule has 1 aromatic rings. The predicted octanol–water partition coefficient (Wildman–Crippen LogP) is 2.27. The number of nitrogens with zero attached hydrogens (tertiary/aromatic N) is 1. The fourth-order valence-electron chi connectivity index (χ4n) is 1.45. The smallest absolute Gasteiger partial charge is 0.325 e. The first-order valence-corrected chi connectivity index (χ1v) is 5.49. The third-order valence-corrected chi connectivity index (χ3v) is 2.87. The summed E-state index contributed by atoms with van der Waals surface area (Å²) >= 11 is 6.06. The van der Waals surface area contributed by atoms with E-state index < -0.39 is 0 Å². The molecule has 0 unspecified atom stereocenters. The molecule has 0 fully saturated rings. The van der Waals surface area contributed by atoms with E-state index in [0.717, 1.165) is 11.3 Å². The molecule has 4 nitrogen and oxygen atoms in total. The van der Waals surface area contributed by atoms with Crippen molar-refractivity contribution in [3.8, 4) is 5.75 Å². The molecule has 0 aliphatic carbocycles. The van der Waals surface area contributed by atoms with Gasteiger partial charge in [-0.3, -0.25) is 4.79 Å². The van der Waals surface area contributed by atoms with Crippen LogP contribution in [0.3, 0.4) is 0 Å². The number of esters is 1. The number of aryl methyl sites for hydroxylation is 1. The molecule has 94 valence electrons. The number of ether oxygens (including phenoxy) is 2. The van der Waals surface area contributed by atoms with Crippen LogP contribution in [-0.2, 0) is 9.53 Å². The highest BCUT2D eigenvalue weighted by molar-refractivity contribution is 6.31. The standard InChI is InChI=1S/C12H16ClNO3/c1-8-5-11(16-3)10(6-9(8)13)14(2)7-12(15)17-4/h5-6H,7H2,1-4H3. The van der Waals surface area contributed by atoms with E-state index in [4.69, 9.17) is 16.3 Å². The third-order valence-electron chi connectivity index (χ3n) is 2.47. The van der Waals surface area contributed by atoms with Crippen LogP contribution >= 0.6 is 11.6 Å². The quantitative estimate of drug-likeness (QED) is 0.776. The van der Waals surface area contributed by atoms with Crippen molar-refractivity contribution in [1.29, 1.82) is 0 Å². The Hall–Kier alpha value is -1.42. The van der Waals surface area contributed by atoms with Crippen molar-refractivity contribution in [2.45, 2.75) is 6.92 Å². The highest BCUT2D eigenvalue weighted by atomic mass is 35.5. The second-order valence-corrected chi connectivity index (χ2v) is 4.11. The maximum atomic E-state index is 11.2. The number of hydrogen-bond donors (Lipinski definition) is 0. The number of hydrogen-bond acceptors (Lipinski definition) is 4. The van der Waals surface area contributed by atoms with E-state index >= 15 is 0 Å². The summed E-state index contributed by atoms with van der Waals surface area (Å²) in [7, 11) is 4.72. The summed E-state index contributed by atoms with van der Waals surface area (Å²) in [6.07, 6.45) is 0. The van der Waals surface area contributed by atoms with Crippen molar-refractivity contribution in [1.82, 2.24) is 0 Å². The summed E-state index contributed by atoms with van der Waals surface area (Å²) in [6.45, 7) is 2.04. The molecule has 0 spiro atoms. The zero-order valence-corrected chi connectivity index (χ0v) is 11.2. The van der Waals surface area contributed by atoms with E-state index in [2.05, 4.69) is 4.74 Å². The second kappa shape index (κ2) is 5.77. The van der Waals surface area contributed by atoms with Gasteiger partial charge in [-0.2, -0.15) is 0 Å². The molecule has 0 aromatic heterocycles. The number of rotatable bonds is 4. The van der Waals surface area contributed by atoms with Gasteiger partial charge in [-0.1, -0.05) is 11.6 Å². The van der Waals surface area contributed by atoms with Crippen molar-refractivity contribution >= 4 is 23.3 Å². The lowest BCUT2D eigenvalue weighted by molar-refractivity contribution is -0.138. The molecule has 17 heavy (non-hydrogen) atoms. The summed E-state index contributed by atoms with van der Waals surface area (Å²) in [5, 5.41) is 0.637. The molecule has 0 heterocycles. The third kappa shape index (κ3) is 3.27. The molecular formula is C12H16ClNO3. The van der Waals surface area contributed by atoms with Crippen LogP contribution in [0.15, 0.2) is 12.1 Å². The Kier molecular flexibility index (Phi) is 4.63. The SMILES string of the molecule is COC(=O)CN(C)c1cc(Cl)c(C)cc1OC. The van der Waals surface area contributed by atoms with Gasteiger partial charge in [-0.25, -0.2) is 0 Å². The minimum atomic E-state index is -0.314. The van der Waals surface area contributed by atoms with E-state index in [1.807, 2.05) is 13.0 Å². The molecule has 5 heteroatoms. The van der Waals surface area contributed by atoms with Gasteiger partial charge in [0, 0.05) is 12.1 Å². The lowest BCUT2D eigenvalue weighted by Crippen LogP contribution is -2.26. The highest BCUT2D eigenvalue weighted by Crippen LogP contribution is 2.33. The van der Waals surface area contributed by atoms with Gasteiger partial charge < -0.3 is 14.4 Å². The van der Waals surface area contributed by atoms with Gasteiger partial charge in [0.15, 0.2) is 0 Å². The summed E-state index contributed by atoms with van der Waals surface area (Å²) in [5.41, 5.74) is 1.69. The summed E-state index contributed by atoms with van der Waals surface area (Å²) in [5.74, 6) is 0.365. The van der Waals surface area contributed by atoms with Crippen LogP contribution in [0.4, 0.5) is 5.69 Å². The lowest BCUT2D eigenvalue weighted by Gasteiger charge is -2.21. The van der Waals surface area contributed by atoms with Crippen molar-refractivity contribution in [3.63, 3.8) is 0 Å². The number of carbonyl (C=O) groups is 1. The van der Waals surface area contributed by atoms with E-state index in [-0.39, 0.29) is 12.5 Å². The van der Waals surface area contributed by atoms with Gasteiger partial charge in [0.05, 0.1) is 19.9 Å². The zero-order chi connectivity index (χ0) is 13.0. The summed E-state index contributed by atoms with van der Waals surface area (Å²) < 4.78 is 9.88. The number of likely N-dealkylation sites (N-methyl/N-ethyl adjacent to an activating group) is 1. The predicted molar refractivity (Wildman–Crippen MR) is 68.0 cm³/mol. The molecule has 0 saturated heterocycles. The molecule has 0 aliphatic heterocycles. The van der Waals surface area contributed by atoms with Crippen molar-refractivity contribution < 1.29 is 14.3 Å². The molecule has 0 radical (unpaired) electrons. The van der Waals surface area contributed by atoms with Crippen molar-refractivity contribution in [2.24, 2.45) is 0 Å². The fraction of sp³-hybridized carbons (Fsp3) is 0.417. The van der Waals surface area contributed by atoms with Gasteiger partial charge in [0.1, 0.15) is 12.3 Å². The van der Waals surface area contributed by atoms with E-state index in [0.29, 0.717) is 10.8 Å². The van der Waals surface area contributed by atoms with E-state index in [9.17, 15) is 4.79 Å². The normalized spacial score (nSPS) is 9.94. The number of benzene rings is 1. The Balaban J connectivity index is 3.03. The number of carbonyl (C=O) groups excluding carboxylic acids is 1. The Morgan fingerprint density at radius 1 is 1.41 bits per heavy atom. The molecule has 0 N–H and O–H groups in total. The second-order valence-electron chi connectivity index (χ2n) is 3.71. The first kappa shape index (κ1) is 13.6. The Morgan fingerprint density at radius 2 is 2.06 bits per heavy atom. The van der Waals surface area contributed by atoms with Crippen LogP contribution in [0.25, 0.3) is 0 Å². The minimum absolute atomic E-state index is 0.145. The van der Waals surface area contributed by atoms with Crippen molar-refractivity contribution in [3.05, 3.63) is 22.7 Å². The topological polar surface area (TPSA) is 38.8 Å². The maximum Gasteiger partial charge on any atom is 0.325 e. The molecule has 1 aromatic carbocycles. The van der Waals surface area contributed by atoms with Crippen molar-refractivity contribution in [2.75, 3.05) is 32.7 Å². The molecule has 0 amide bonds. The van der Waals surface area contributed by atoms with Crippen LogP contribution in [0, 0.1) is 6.92 Å². The van der Waals surface area contributed by atoms with E-state index in [1.54, 1.807) is 25.1 Å². The monoisotopic (exact) mass is 257 g/mol. The van der Waals surface area contributed by atoms with Gasteiger partial charge in [-0.05, 0) is 24.6 Å². The molecule has 0 bridgehead atoms. The summed E-state index contributed by atoms with van der Waals surface area (Å²) in [6, 6.07) is 3.62. The average Bonchev–Trinajstić information content (AvgIpc) is 2.31. The first-order chi connectivity index (χ1) is 7.99. The van der Waals surface area contributed by atoms with Gasteiger partial charge in [-0.15, -0.1) is 0 Å². The maximum absolute atomic E-state index is 11.2. The number of halogens is 1. The number of anilines is 1. The zero-order valence-electron chi connectivity index (χ0n) is 10.4. The molecule has 0 aliphatic rings. The molecule has 1 rings (SSSR count). The van der Waals surface area contributed by atoms with Crippen LogP contribution in [0.2, 0.25) is 5.02 Å². The number of methoxy groups -OCH3 is 2. The van der Waals surface area contributed by atoms with Gasteiger partial charge in [0.2, 0.25) is 0 Å². The molecular weight excluding hydrogens is 242 g/mol. The Bertz CT molecular complexity index is 420. The average molecular weight is 258 g/mol. The van der Waals surface area contributed by atoms with Gasteiger partial charge in [0.25, 0.3) is 0 Å². The van der Waals surface area contributed by atoms with Crippen LogP contribution in [-0.4, -0.2) is 33.8 Å².